The van der Waals surface area contributed by atoms with Crippen LogP contribution < -0.4 is 0 Å². The minimum Gasteiger partial charge on any atom is -0.480 e. The topological polar surface area (TPSA) is 57.6 Å². The molecule has 15 heavy (non-hydrogen) atoms. The van der Waals surface area contributed by atoms with Gasteiger partial charge in [0.2, 0.25) is 5.91 Å². The number of carboxylic acids is 1. The Morgan fingerprint density at radius 3 is 2.27 bits per heavy atom. The van der Waals surface area contributed by atoms with Crippen LogP contribution in [0.25, 0.3) is 0 Å². The Kier molecular flexibility index (Phi) is 3.33. The van der Waals surface area contributed by atoms with Gasteiger partial charge < -0.3 is 10.0 Å². The van der Waals surface area contributed by atoms with Crippen molar-refractivity contribution >= 4 is 23.6 Å². The molecule has 1 amide bonds. The Balaban J connectivity index is 2.95. The highest BCUT2D eigenvalue weighted by Gasteiger charge is 2.45. The van der Waals surface area contributed by atoms with Gasteiger partial charge >= 0.3 is 5.97 Å². The summed E-state index contributed by atoms with van der Waals surface area (Å²) in [5.74, 6) is -0.589. The molecule has 0 aromatic rings. The first-order valence-corrected chi connectivity index (χ1v) is 5.93. The zero-order chi connectivity index (χ0) is 11.8. The Bertz CT molecular complexity index is 285. The van der Waals surface area contributed by atoms with E-state index < -0.39 is 12.0 Å². The first kappa shape index (κ1) is 12.4. The number of carbonyl (C=O) groups is 2. The van der Waals surface area contributed by atoms with E-state index in [0.717, 1.165) is 0 Å². The summed E-state index contributed by atoms with van der Waals surface area (Å²) in [5, 5.41) is 8.96. The number of thioether (sulfide) groups is 1. The Labute approximate surface area is 94.0 Å². The van der Waals surface area contributed by atoms with Gasteiger partial charge in [-0.3, -0.25) is 4.79 Å². The van der Waals surface area contributed by atoms with Crippen LogP contribution >= 0.6 is 11.8 Å². The van der Waals surface area contributed by atoms with Gasteiger partial charge in [0.05, 0.1) is 5.37 Å². The minimum atomic E-state index is -0.913. The zero-order valence-electron chi connectivity index (χ0n) is 9.48. The average Bonchev–Trinajstić information content (AvgIpc) is 2.45. The van der Waals surface area contributed by atoms with Crippen LogP contribution in [0.15, 0.2) is 0 Å². The summed E-state index contributed by atoms with van der Waals surface area (Å²) in [6.45, 7) is 7.49. The van der Waals surface area contributed by atoms with Crippen molar-refractivity contribution in [2.75, 3.05) is 5.75 Å². The van der Waals surface area contributed by atoms with E-state index >= 15 is 0 Å². The fraction of sp³-hybridized carbons (Fsp3) is 0.800. The molecule has 2 atom stereocenters. The normalized spacial score (nSPS) is 26.8. The maximum Gasteiger partial charge on any atom is 0.327 e. The highest BCUT2D eigenvalue weighted by atomic mass is 32.2. The lowest BCUT2D eigenvalue weighted by molar-refractivity contribution is -0.149. The lowest BCUT2D eigenvalue weighted by Crippen LogP contribution is -2.48. The summed E-state index contributed by atoms with van der Waals surface area (Å²) >= 11 is 1.55. The quantitative estimate of drug-likeness (QED) is 0.741. The van der Waals surface area contributed by atoms with E-state index in [2.05, 4.69) is 0 Å². The molecule has 0 bridgehead atoms. The average molecular weight is 231 g/mol. The molecule has 4 nitrogen and oxygen atoms in total. The van der Waals surface area contributed by atoms with Crippen molar-refractivity contribution in [3.63, 3.8) is 0 Å². The van der Waals surface area contributed by atoms with Gasteiger partial charge in [-0.2, -0.15) is 0 Å². The van der Waals surface area contributed by atoms with Crippen molar-refractivity contribution in [2.45, 2.75) is 39.1 Å². The van der Waals surface area contributed by atoms with E-state index in [9.17, 15) is 9.59 Å². The SMILES string of the molecule is CC(=O)N1C(C(=O)O)CSC1C(C)(C)C. The molecule has 0 aromatic heterocycles. The minimum absolute atomic E-state index is 0.0453. The van der Waals surface area contributed by atoms with Crippen molar-refractivity contribution in [1.82, 2.24) is 4.90 Å². The molecular formula is C10H17NO3S. The first-order valence-electron chi connectivity index (χ1n) is 4.88. The Hall–Kier alpha value is -0.710. The molecule has 0 aliphatic carbocycles. The summed E-state index contributed by atoms with van der Waals surface area (Å²) in [6.07, 6.45) is 0. The molecule has 0 aromatic carbocycles. The van der Waals surface area contributed by atoms with Gasteiger partial charge in [0, 0.05) is 12.7 Å². The van der Waals surface area contributed by atoms with Gasteiger partial charge in [0.25, 0.3) is 0 Å². The molecule has 0 saturated carbocycles. The van der Waals surface area contributed by atoms with E-state index in [1.54, 1.807) is 11.8 Å². The van der Waals surface area contributed by atoms with Crippen LogP contribution in [-0.2, 0) is 9.59 Å². The van der Waals surface area contributed by atoms with Crippen LogP contribution in [0, 0.1) is 5.41 Å². The van der Waals surface area contributed by atoms with Gasteiger partial charge in [-0.1, -0.05) is 20.8 Å². The molecule has 1 saturated heterocycles. The van der Waals surface area contributed by atoms with Crippen LogP contribution in [0.4, 0.5) is 0 Å². The Morgan fingerprint density at radius 2 is 1.93 bits per heavy atom. The maximum atomic E-state index is 11.5. The number of rotatable bonds is 1. The van der Waals surface area contributed by atoms with Crippen molar-refractivity contribution in [3.05, 3.63) is 0 Å². The van der Waals surface area contributed by atoms with E-state index in [0.29, 0.717) is 5.75 Å². The molecule has 0 radical (unpaired) electrons. The van der Waals surface area contributed by atoms with Crippen LogP contribution in [0.2, 0.25) is 0 Å². The molecule has 86 valence electrons. The van der Waals surface area contributed by atoms with Crippen LogP contribution in [0.3, 0.4) is 0 Å². The van der Waals surface area contributed by atoms with Crippen molar-refractivity contribution in [2.24, 2.45) is 5.41 Å². The number of hydrogen-bond donors (Lipinski definition) is 1. The second-order valence-corrected chi connectivity index (χ2v) is 5.95. The molecule has 1 aliphatic rings. The van der Waals surface area contributed by atoms with E-state index in [1.807, 2.05) is 20.8 Å². The van der Waals surface area contributed by atoms with Crippen molar-refractivity contribution in [3.8, 4) is 0 Å². The van der Waals surface area contributed by atoms with E-state index in [-0.39, 0.29) is 16.7 Å². The third-order valence-corrected chi connectivity index (χ3v) is 4.15. The molecule has 2 unspecified atom stereocenters. The molecule has 1 N–H and O–H groups in total. The predicted molar refractivity (Wildman–Crippen MR) is 59.6 cm³/mol. The van der Waals surface area contributed by atoms with Crippen LogP contribution in [0.5, 0.6) is 0 Å². The number of nitrogens with zero attached hydrogens (tertiary/aromatic N) is 1. The monoisotopic (exact) mass is 231 g/mol. The molecular weight excluding hydrogens is 214 g/mol. The second kappa shape index (κ2) is 4.04. The number of carboxylic acid groups (broad SMARTS) is 1. The standard InChI is InChI=1S/C10H17NO3S/c1-6(12)11-7(8(13)14)5-15-9(11)10(2,3)4/h7,9H,5H2,1-4H3,(H,13,14). The molecule has 0 spiro atoms. The highest BCUT2D eigenvalue weighted by Crippen LogP contribution is 2.40. The van der Waals surface area contributed by atoms with Gasteiger partial charge in [-0.25, -0.2) is 4.79 Å². The highest BCUT2D eigenvalue weighted by molar-refractivity contribution is 8.00. The predicted octanol–water partition coefficient (Wildman–Crippen LogP) is 1.41. The molecule has 1 rings (SSSR count). The number of amides is 1. The fourth-order valence-electron chi connectivity index (χ4n) is 1.75. The van der Waals surface area contributed by atoms with Crippen molar-refractivity contribution < 1.29 is 14.7 Å². The molecule has 1 heterocycles. The molecule has 5 heteroatoms. The summed E-state index contributed by atoms with van der Waals surface area (Å²) in [6, 6.07) is -0.670. The molecule has 1 aliphatic heterocycles. The number of aliphatic carboxylic acids is 1. The van der Waals surface area contributed by atoms with Gasteiger partial charge in [-0.15, -0.1) is 11.8 Å². The van der Waals surface area contributed by atoms with Gasteiger partial charge in [0.15, 0.2) is 0 Å². The van der Waals surface area contributed by atoms with E-state index in [1.165, 1.54) is 11.8 Å². The summed E-state index contributed by atoms with van der Waals surface area (Å²) in [7, 11) is 0. The molecule has 1 fully saturated rings. The smallest absolute Gasteiger partial charge is 0.327 e. The largest absolute Gasteiger partial charge is 0.480 e. The third kappa shape index (κ3) is 2.45. The summed E-state index contributed by atoms with van der Waals surface area (Å²) in [4.78, 5) is 23.9. The fourth-order valence-corrected chi connectivity index (χ4v) is 3.37. The summed E-state index contributed by atoms with van der Waals surface area (Å²) in [5.41, 5.74) is -0.0967. The summed E-state index contributed by atoms with van der Waals surface area (Å²) < 4.78 is 0. The zero-order valence-corrected chi connectivity index (χ0v) is 10.3. The third-order valence-electron chi connectivity index (χ3n) is 2.39. The lowest BCUT2D eigenvalue weighted by Gasteiger charge is -2.35. The number of hydrogen-bond acceptors (Lipinski definition) is 3. The number of carbonyl (C=O) groups excluding carboxylic acids is 1. The second-order valence-electron chi connectivity index (χ2n) is 4.83. The van der Waals surface area contributed by atoms with Gasteiger partial charge in [0.1, 0.15) is 6.04 Å². The van der Waals surface area contributed by atoms with Gasteiger partial charge in [-0.05, 0) is 5.41 Å². The van der Waals surface area contributed by atoms with Crippen LogP contribution in [0.1, 0.15) is 27.7 Å². The first-order chi connectivity index (χ1) is 6.75. The lowest BCUT2D eigenvalue weighted by atomic mass is 9.95. The van der Waals surface area contributed by atoms with Crippen molar-refractivity contribution in [1.29, 1.82) is 0 Å². The Morgan fingerprint density at radius 1 is 1.40 bits per heavy atom. The van der Waals surface area contributed by atoms with Crippen LogP contribution in [-0.4, -0.2) is 39.1 Å². The maximum absolute atomic E-state index is 11.5. The van der Waals surface area contributed by atoms with E-state index in [4.69, 9.17) is 5.11 Å².